The van der Waals surface area contributed by atoms with Gasteiger partial charge in [-0.3, -0.25) is 0 Å². The number of hydrogen-bond donors (Lipinski definition) is 2. The highest BCUT2D eigenvalue weighted by molar-refractivity contribution is 5.88. The second-order valence-electron chi connectivity index (χ2n) is 3.14. The number of carbonyl (C=O) groups is 1. The van der Waals surface area contributed by atoms with E-state index in [1.807, 2.05) is 0 Å². The third-order valence-electron chi connectivity index (χ3n) is 1.94. The zero-order chi connectivity index (χ0) is 12.3. The Hall–Kier alpha value is -1.72. The average Bonchev–Trinajstić information content (AvgIpc) is 2.21. The van der Waals surface area contributed by atoms with Gasteiger partial charge in [-0.2, -0.15) is 0 Å². The van der Waals surface area contributed by atoms with E-state index in [1.165, 1.54) is 0 Å². The molecule has 1 aromatic carbocycles. The summed E-state index contributed by atoms with van der Waals surface area (Å²) in [7, 11) is 0. The van der Waals surface area contributed by atoms with Crippen molar-refractivity contribution in [1.29, 1.82) is 0 Å². The van der Waals surface area contributed by atoms with Crippen molar-refractivity contribution in [3.05, 3.63) is 29.1 Å². The molecule has 0 aliphatic heterocycles. The van der Waals surface area contributed by atoms with Crippen molar-refractivity contribution < 1.29 is 23.1 Å². The molecule has 0 fully saturated rings. The lowest BCUT2D eigenvalue weighted by atomic mass is 10.1. The van der Waals surface area contributed by atoms with Gasteiger partial charge >= 0.3 is 5.97 Å². The van der Waals surface area contributed by atoms with Gasteiger partial charge in [0, 0.05) is 12.6 Å². The number of carboxylic acids is 1. The molecule has 0 aromatic heterocycles. The Balaban J connectivity index is 3.22. The Morgan fingerprint density at radius 2 is 2.00 bits per heavy atom. The minimum absolute atomic E-state index is 0.336. The van der Waals surface area contributed by atoms with Gasteiger partial charge in [0.1, 0.15) is 11.4 Å². The molecule has 0 aliphatic rings. The lowest BCUT2D eigenvalue weighted by Gasteiger charge is -2.09. The SMILES string of the molecule is CCCNc1cc(F)c(C(=O)O)c(F)c1F. The van der Waals surface area contributed by atoms with Crippen LogP contribution in [0.1, 0.15) is 23.7 Å². The van der Waals surface area contributed by atoms with E-state index in [4.69, 9.17) is 5.11 Å². The minimum Gasteiger partial charge on any atom is -0.477 e. The van der Waals surface area contributed by atoms with Crippen molar-refractivity contribution in [2.24, 2.45) is 0 Å². The molecule has 0 atom stereocenters. The van der Waals surface area contributed by atoms with Crippen LogP contribution in [0.25, 0.3) is 0 Å². The third kappa shape index (κ3) is 2.26. The zero-order valence-corrected chi connectivity index (χ0v) is 8.48. The number of rotatable bonds is 4. The van der Waals surface area contributed by atoms with E-state index < -0.39 is 29.0 Å². The van der Waals surface area contributed by atoms with Crippen LogP contribution in [0.2, 0.25) is 0 Å². The van der Waals surface area contributed by atoms with Gasteiger partial charge in [-0.05, 0) is 6.42 Å². The largest absolute Gasteiger partial charge is 0.477 e. The maximum Gasteiger partial charge on any atom is 0.341 e. The van der Waals surface area contributed by atoms with Crippen molar-refractivity contribution in [3.63, 3.8) is 0 Å². The Morgan fingerprint density at radius 3 is 2.50 bits per heavy atom. The predicted octanol–water partition coefficient (Wildman–Crippen LogP) is 2.62. The van der Waals surface area contributed by atoms with E-state index in [0.717, 1.165) is 0 Å². The van der Waals surface area contributed by atoms with E-state index >= 15 is 0 Å². The number of nitrogens with one attached hydrogen (secondary N) is 1. The van der Waals surface area contributed by atoms with Gasteiger partial charge < -0.3 is 10.4 Å². The normalized spacial score (nSPS) is 10.2. The van der Waals surface area contributed by atoms with Gasteiger partial charge in [0.2, 0.25) is 0 Å². The Bertz CT molecular complexity index is 421. The van der Waals surface area contributed by atoms with Crippen LogP contribution >= 0.6 is 0 Å². The summed E-state index contributed by atoms with van der Waals surface area (Å²) in [5.74, 6) is -6.21. The highest BCUT2D eigenvalue weighted by Crippen LogP contribution is 2.23. The summed E-state index contributed by atoms with van der Waals surface area (Å²) in [5.41, 5.74) is -1.65. The molecule has 0 saturated heterocycles. The molecule has 0 spiro atoms. The number of hydrogen-bond acceptors (Lipinski definition) is 2. The standard InChI is InChI=1S/C10H10F3NO2/c1-2-3-14-6-4-5(11)7(10(15)16)9(13)8(6)12/h4,14H,2-3H2,1H3,(H,15,16). The lowest BCUT2D eigenvalue weighted by molar-refractivity contribution is 0.0685. The van der Waals surface area contributed by atoms with Crippen LogP contribution in [0.5, 0.6) is 0 Å². The van der Waals surface area contributed by atoms with Crippen LogP contribution < -0.4 is 5.32 Å². The molecule has 0 unspecified atom stereocenters. The smallest absolute Gasteiger partial charge is 0.341 e. The van der Waals surface area contributed by atoms with Crippen molar-refractivity contribution in [2.75, 3.05) is 11.9 Å². The lowest BCUT2D eigenvalue weighted by Crippen LogP contribution is -2.11. The summed E-state index contributed by atoms with van der Waals surface area (Å²) < 4.78 is 39.6. The third-order valence-corrected chi connectivity index (χ3v) is 1.94. The maximum absolute atomic E-state index is 13.3. The van der Waals surface area contributed by atoms with Crippen LogP contribution in [0.3, 0.4) is 0 Å². The molecule has 0 saturated carbocycles. The van der Waals surface area contributed by atoms with Crippen LogP contribution in [0.15, 0.2) is 6.07 Å². The fraction of sp³-hybridized carbons (Fsp3) is 0.300. The molecule has 0 amide bonds. The van der Waals surface area contributed by atoms with E-state index in [9.17, 15) is 18.0 Å². The summed E-state index contributed by atoms with van der Waals surface area (Å²) in [4.78, 5) is 10.5. The first-order chi connectivity index (χ1) is 7.49. The van der Waals surface area contributed by atoms with E-state index in [-0.39, 0.29) is 5.69 Å². The van der Waals surface area contributed by atoms with Crippen LogP contribution in [0.4, 0.5) is 18.9 Å². The van der Waals surface area contributed by atoms with Gasteiger partial charge in [-0.15, -0.1) is 0 Å². The molecule has 2 N–H and O–H groups in total. The Labute approximate surface area is 89.9 Å². The number of benzene rings is 1. The summed E-state index contributed by atoms with van der Waals surface area (Å²) in [6.45, 7) is 2.13. The van der Waals surface area contributed by atoms with Gasteiger partial charge in [-0.1, -0.05) is 6.92 Å². The molecule has 1 aromatic rings. The maximum atomic E-state index is 13.3. The van der Waals surface area contributed by atoms with Crippen LogP contribution in [-0.4, -0.2) is 17.6 Å². The van der Waals surface area contributed by atoms with Gasteiger partial charge in [0.15, 0.2) is 11.6 Å². The van der Waals surface area contributed by atoms with Crippen molar-refractivity contribution in [3.8, 4) is 0 Å². The molecule has 0 heterocycles. The molecule has 88 valence electrons. The molecule has 0 aliphatic carbocycles. The first-order valence-electron chi connectivity index (χ1n) is 4.63. The molecule has 0 bridgehead atoms. The van der Waals surface area contributed by atoms with Gasteiger partial charge in [0.05, 0.1) is 5.69 Å². The first kappa shape index (κ1) is 12.4. The second kappa shape index (κ2) is 4.87. The molecule has 16 heavy (non-hydrogen) atoms. The summed E-state index contributed by atoms with van der Waals surface area (Å²) in [5, 5.41) is 10.9. The quantitative estimate of drug-likeness (QED) is 0.786. The summed E-state index contributed by atoms with van der Waals surface area (Å²) >= 11 is 0. The fourth-order valence-corrected chi connectivity index (χ4v) is 1.18. The van der Waals surface area contributed by atoms with E-state index in [1.54, 1.807) is 6.92 Å². The number of anilines is 1. The molecule has 6 heteroatoms. The highest BCUT2D eigenvalue weighted by atomic mass is 19.2. The van der Waals surface area contributed by atoms with Crippen molar-refractivity contribution in [1.82, 2.24) is 0 Å². The first-order valence-corrected chi connectivity index (χ1v) is 4.63. The van der Waals surface area contributed by atoms with Gasteiger partial charge in [0.25, 0.3) is 0 Å². The number of halogens is 3. The summed E-state index contributed by atoms with van der Waals surface area (Å²) in [6.07, 6.45) is 0.642. The minimum atomic E-state index is -1.84. The second-order valence-corrected chi connectivity index (χ2v) is 3.14. The monoisotopic (exact) mass is 233 g/mol. The average molecular weight is 233 g/mol. The Morgan fingerprint density at radius 1 is 1.38 bits per heavy atom. The topological polar surface area (TPSA) is 49.3 Å². The van der Waals surface area contributed by atoms with Crippen molar-refractivity contribution in [2.45, 2.75) is 13.3 Å². The van der Waals surface area contributed by atoms with Crippen LogP contribution in [0, 0.1) is 17.5 Å². The molecular formula is C10H10F3NO2. The number of carboxylic acid groups (broad SMARTS) is 1. The predicted molar refractivity (Wildman–Crippen MR) is 52.1 cm³/mol. The molecule has 1 rings (SSSR count). The van der Waals surface area contributed by atoms with Gasteiger partial charge in [-0.25, -0.2) is 18.0 Å². The summed E-state index contributed by atoms with van der Waals surface area (Å²) in [6, 6.07) is 0.636. The highest BCUT2D eigenvalue weighted by Gasteiger charge is 2.23. The molecule has 3 nitrogen and oxygen atoms in total. The number of aromatic carboxylic acids is 1. The van der Waals surface area contributed by atoms with Crippen molar-refractivity contribution >= 4 is 11.7 Å². The molecule has 0 radical (unpaired) electrons. The Kier molecular flexibility index (Phi) is 3.76. The fourth-order valence-electron chi connectivity index (χ4n) is 1.18. The van der Waals surface area contributed by atoms with E-state index in [0.29, 0.717) is 19.0 Å². The van der Waals surface area contributed by atoms with Crippen LogP contribution in [-0.2, 0) is 0 Å². The van der Waals surface area contributed by atoms with E-state index in [2.05, 4.69) is 5.32 Å². The molecular weight excluding hydrogens is 223 g/mol. The zero-order valence-electron chi connectivity index (χ0n) is 8.48.